The van der Waals surface area contributed by atoms with Gasteiger partial charge in [-0.3, -0.25) is 4.99 Å². The Bertz CT molecular complexity index is 926. The Morgan fingerprint density at radius 2 is 1.90 bits per heavy atom. The molecule has 0 saturated carbocycles. The first-order chi connectivity index (χ1) is 13.8. The van der Waals surface area contributed by atoms with Crippen LogP contribution in [-0.4, -0.2) is 40.3 Å². The van der Waals surface area contributed by atoms with E-state index in [0.717, 1.165) is 0 Å². The quantitative estimate of drug-likeness (QED) is 0.351. The molecule has 158 valence electrons. The van der Waals surface area contributed by atoms with E-state index in [-0.39, 0.29) is 22.9 Å². The zero-order valence-corrected chi connectivity index (χ0v) is 17.3. The maximum absolute atomic E-state index is 12.5. The molecule has 0 unspecified atom stereocenters. The molecule has 6 nitrogen and oxygen atoms in total. The third-order valence-electron chi connectivity index (χ3n) is 3.89. The van der Waals surface area contributed by atoms with Crippen molar-refractivity contribution in [2.24, 2.45) is 4.99 Å². The van der Waals surface area contributed by atoms with Crippen molar-refractivity contribution < 1.29 is 21.9 Å². The van der Waals surface area contributed by atoms with Crippen LogP contribution in [0.2, 0.25) is 5.02 Å². The lowest BCUT2D eigenvalue weighted by molar-refractivity contribution is -0.0504. The maximum Gasteiger partial charge on any atom is 0.387 e. The standard InChI is InChI=1S/C19H22ClF2N3O3S/c1-23-19(24-10-5-11-29(26,27)16-6-3-2-4-7-16)25-13-14-12-15(20)8-9-17(14)28-18(21)22/h2-4,6-9,12,18H,5,10-11,13H2,1H3,(H2,23,24,25). The van der Waals surface area contributed by atoms with E-state index in [9.17, 15) is 17.2 Å². The summed E-state index contributed by atoms with van der Waals surface area (Å²) in [6.45, 7) is -2.44. The van der Waals surface area contributed by atoms with E-state index in [1.165, 1.54) is 18.2 Å². The Morgan fingerprint density at radius 3 is 2.55 bits per heavy atom. The van der Waals surface area contributed by atoms with Gasteiger partial charge in [0.25, 0.3) is 0 Å². The SMILES string of the molecule is CN=C(NCCCS(=O)(=O)c1ccccc1)NCc1cc(Cl)ccc1OC(F)F. The van der Waals surface area contributed by atoms with E-state index in [1.54, 1.807) is 37.4 Å². The number of benzene rings is 2. The van der Waals surface area contributed by atoms with Crippen molar-refractivity contribution in [3.63, 3.8) is 0 Å². The van der Waals surface area contributed by atoms with Crippen LogP contribution in [0, 0.1) is 0 Å². The molecular formula is C19H22ClF2N3O3S. The van der Waals surface area contributed by atoms with Crippen LogP contribution < -0.4 is 15.4 Å². The van der Waals surface area contributed by atoms with Gasteiger partial charge in [0.2, 0.25) is 0 Å². The molecule has 10 heteroatoms. The van der Waals surface area contributed by atoms with Crippen LogP contribution in [0.4, 0.5) is 8.78 Å². The molecule has 0 aliphatic rings. The average molecular weight is 446 g/mol. The number of sulfone groups is 1. The monoisotopic (exact) mass is 445 g/mol. The first-order valence-electron chi connectivity index (χ1n) is 8.77. The van der Waals surface area contributed by atoms with E-state index >= 15 is 0 Å². The number of nitrogens with zero attached hydrogens (tertiary/aromatic N) is 1. The third-order valence-corrected chi connectivity index (χ3v) is 5.94. The maximum atomic E-state index is 12.5. The molecule has 2 aromatic rings. The second-order valence-electron chi connectivity index (χ2n) is 5.97. The number of hydrogen-bond acceptors (Lipinski definition) is 4. The van der Waals surface area contributed by atoms with E-state index in [0.29, 0.717) is 29.5 Å². The molecule has 2 aromatic carbocycles. The number of ether oxygens (including phenoxy) is 1. The number of aliphatic imine (C=N–C) groups is 1. The summed E-state index contributed by atoms with van der Waals surface area (Å²) in [7, 11) is -1.80. The van der Waals surface area contributed by atoms with Gasteiger partial charge < -0.3 is 15.4 Å². The summed E-state index contributed by atoms with van der Waals surface area (Å²) in [6.07, 6.45) is 0.370. The van der Waals surface area contributed by atoms with Gasteiger partial charge in [-0.15, -0.1) is 0 Å². The molecule has 2 rings (SSSR count). The number of halogens is 3. The van der Waals surface area contributed by atoms with Crippen LogP contribution in [0.3, 0.4) is 0 Å². The van der Waals surface area contributed by atoms with Crippen molar-refractivity contribution in [3.8, 4) is 5.75 Å². The van der Waals surface area contributed by atoms with E-state index < -0.39 is 16.4 Å². The zero-order chi connectivity index (χ0) is 21.3. The zero-order valence-electron chi connectivity index (χ0n) is 15.7. The number of alkyl halides is 2. The minimum atomic E-state index is -3.34. The van der Waals surface area contributed by atoms with E-state index in [2.05, 4.69) is 20.4 Å². The molecular weight excluding hydrogens is 424 g/mol. The highest BCUT2D eigenvalue weighted by molar-refractivity contribution is 7.91. The molecule has 0 fully saturated rings. The van der Waals surface area contributed by atoms with Crippen LogP contribution in [0.25, 0.3) is 0 Å². The third kappa shape index (κ3) is 7.51. The van der Waals surface area contributed by atoms with Gasteiger partial charge in [0.15, 0.2) is 15.8 Å². The lowest BCUT2D eigenvalue weighted by Crippen LogP contribution is -2.37. The highest BCUT2D eigenvalue weighted by atomic mass is 35.5. The summed E-state index contributed by atoms with van der Waals surface area (Å²) < 4.78 is 54.1. The van der Waals surface area contributed by atoms with Crippen molar-refractivity contribution in [1.82, 2.24) is 10.6 Å². The van der Waals surface area contributed by atoms with Gasteiger partial charge in [-0.05, 0) is 36.8 Å². The van der Waals surface area contributed by atoms with Gasteiger partial charge in [0.1, 0.15) is 5.75 Å². The minimum Gasteiger partial charge on any atom is -0.434 e. The number of hydrogen-bond donors (Lipinski definition) is 2. The Balaban J connectivity index is 1.85. The molecule has 0 amide bonds. The number of nitrogens with one attached hydrogen (secondary N) is 2. The van der Waals surface area contributed by atoms with Crippen molar-refractivity contribution in [2.75, 3.05) is 19.3 Å². The van der Waals surface area contributed by atoms with Gasteiger partial charge in [-0.25, -0.2) is 8.42 Å². The number of rotatable bonds is 9. The van der Waals surface area contributed by atoms with Crippen molar-refractivity contribution in [3.05, 3.63) is 59.1 Å². The Labute approximate surface area is 173 Å². The predicted molar refractivity (Wildman–Crippen MR) is 109 cm³/mol. The lowest BCUT2D eigenvalue weighted by Gasteiger charge is -2.15. The van der Waals surface area contributed by atoms with Crippen LogP contribution in [0.1, 0.15) is 12.0 Å². The normalized spacial score (nSPS) is 12.1. The fraction of sp³-hybridized carbons (Fsp3) is 0.316. The largest absolute Gasteiger partial charge is 0.434 e. The molecule has 0 spiro atoms. The lowest BCUT2D eigenvalue weighted by atomic mass is 10.2. The summed E-state index contributed by atoms with van der Waals surface area (Å²) in [5, 5.41) is 6.34. The second kappa shape index (κ2) is 11.0. The molecule has 2 N–H and O–H groups in total. The summed E-state index contributed by atoms with van der Waals surface area (Å²) >= 11 is 5.92. The van der Waals surface area contributed by atoms with Crippen molar-refractivity contribution >= 4 is 27.4 Å². The molecule has 0 aromatic heterocycles. The fourth-order valence-corrected chi connectivity index (χ4v) is 4.04. The van der Waals surface area contributed by atoms with Crippen LogP contribution in [0.5, 0.6) is 5.75 Å². The van der Waals surface area contributed by atoms with Crippen molar-refractivity contribution in [2.45, 2.75) is 24.5 Å². The minimum absolute atomic E-state index is 0.0122. The summed E-state index contributed by atoms with van der Waals surface area (Å²) in [4.78, 5) is 4.32. The first kappa shape index (κ1) is 22.9. The van der Waals surface area contributed by atoms with Gasteiger partial charge in [-0.2, -0.15) is 8.78 Å². The van der Waals surface area contributed by atoms with Crippen LogP contribution in [-0.2, 0) is 16.4 Å². The van der Waals surface area contributed by atoms with Crippen LogP contribution in [0.15, 0.2) is 58.4 Å². The Hall–Kier alpha value is -2.39. The fourth-order valence-electron chi connectivity index (χ4n) is 2.51. The number of guanidine groups is 1. The Kier molecular flexibility index (Phi) is 8.66. The smallest absolute Gasteiger partial charge is 0.387 e. The van der Waals surface area contributed by atoms with E-state index in [4.69, 9.17) is 11.6 Å². The summed E-state index contributed by atoms with van der Waals surface area (Å²) in [5.41, 5.74) is 0.437. The van der Waals surface area contributed by atoms with Gasteiger partial charge in [-0.1, -0.05) is 29.8 Å². The van der Waals surface area contributed by atoms with Crippen LogP contribution >= 0.6 is 11.6 Å². The molecule has 0 saturated heterocycles. The highest BCUT2D eigenvalue weighted by Crippen LogP contribution is 2.24. The molecule has 0 bridgehead atoms. The van der Waals surface area contributed by atoms with Gasteiger partial charge >= 0.3 is 6.61 Å². The highest BCUT2D eigenvalue weighted by Gasteiger charge is 2.14. The average Bonchev–Trinajstić information content (AvgIpc) is 2.69. The first-order valence-corrected chi connectivity index (χ1v) is 10.8. The van der Waals surface area contributed by atoms with E-state index in [1.807, 2.05) is 0 Å². The second-order valence-corrected chi connectivity index (χ2v) is 8.51. The molecule has 0 aliphatic heterocycles. The molecule has 0 aliphatic carbocycles. The summed E-state index contributed by atoms with van der Waals surface area (Å²) in [6, 6.07) is 12.6. The Morgan fingerprint density at radius 1 is 1.17 bits per heavy atom. The molecule has 0 atom stereocenters. The molecule has 0 radical (unpaired) electrons. The summed E-state index contributed by atoms with van der Waals surface area (Å²) in [5.74, 6) is 0.396. The van der Waals surface area contributed by atoms with Crippen molar-refractivity contribution in [1.29, 1.82) is 0 Å². The predicted octanol–water partition coefficient (Wildman–Crippen LogP) is 3.47. The van der Waals surface area contributed by atoms with Gasteiger partial charge in [0.05, 0.1) is 10.6 Å². The van der Waals surface area contributed by atoms with Gasteiger partial charge in [0, 0.05) is 30.7 Å². The molecule has 0 heterocycles. The topological polar surface area (TPSA) is 79.8 Å². The molecule has 29 heavy (non-hydrogen) atoms.